The average Bonchev–Trinajstić information content (AvgIpc) is 2.79. The predicted molar refractivity (Wildman–Crippen MR) is 77.2 cm³/mol. The van der Waals surface area contributed by atoms with Crippen LogP contribution in [0.15, 0.2) is 42.5 Å². The van der Waals surface area contributed by atoms with Crippen LogP contribution in [0.4, 0.5) is 0 Å². The molecule has 3 rings (SSSR count). The molecule has 0 spiro atoms. The van der Waals surface area contributed by atoms with Crippen molar-refractivity contribution in [3.63, 3.8) is 0 Å². The Balaban J connectivity index is 1.69. The van der Waals surface area contributed by atoms with Gasteiger partial charge in [0.2, 0.25) is 0 Å². The lowest BCUT2D eigenvalue weighted by atomic mass is 10.1. The van der Waals surface area contributed by atoms with Crippen molar-refractivity contribution >= 4 is 0 Å². The van der Waals surface area contributed by atoms with Gasteiger partial charge in [0.05, 0.1) is 0 Å². The van der Waals surface area contributed by atoms with Crippen LogP contribution >= 0.6 is 0 Å². The Morgan fingerprint density at radius 1 is 1.16 bits per heavy atom. The Morgan fingerprint density at radius 3 is 2.74 bits per heavy atom. The highest BCUT2D eigenvalue weighted by Gasteiger charge is 2.18. The van der Waals surface area contributed by atoms with E-state index in [1.54, 1.807) is 0 Å². The van der Waals surface area contributed by atoms with E-state index in [1.807, 2.05) is 6.07 Å². The maximum Gasteiger partial charge on any atom is 0.120 e. The summed E-state index contributed by atoms with van der Waals surface area (Å²) in [5.41, 5.74) is 11.1. The molecule has 1 atom stereocenters. The fraction of sp³-hybridized carbons (Fsp3) is 0.294. The van der Waals surface area contributed by atoms with Gasteiger partial charge in [0, 0.05) is 6.04 Å². The smallest absolute Gasteiger partial charge is 0.120 e. The van der Waals surface area contributed by atoms with Gasteiger partial charge in [-0.25, -0.2) is 0 Å². The van der Waals surface area contributed by atoms with Gasteiger partial charge in [-0.05, 0) is 48.6 Å². The normalized spacial score (nSPS) is 17.3. The van der Waals surface area contributed by atoms with Gasteiger partial charge >= 0.3 is 0 Å². The standard InChI is InChI=1S/C17H19NO/c1-12-2-4-13(5-3-12)11-19-15-7-8-16-14(10-15)6-9-17(16)18/h2-5,7-8,10,17H,6,9,11,18H2,1H3/t17-/m0/s1. The Kier molecular flexibility index (Phi) is 3.26. The molecule has 0 saturated carbocycles. The lowest BCUT2D eigenvalue weighted by molar-refractivity contribution is 0.306. The van der Waals surface area contributed by atoms with E-state index in [-0.39, 0.29) is 6.04 Å². The first kappa shape index (κ1) is 12.2. The van der Waals surface area contributed by atoms with Crippen LogP contribution in [-0.4, -0.2) is 0 Å². The number of aryl methyl sites for hydroxylation is 2. The summed E-state index contributed by atoms with van der Waals surface area (Å²) in [7, 11) is 0. The number of benzene rings is 2. The molecule has 0 aliphatic heterocycles. The molecule has 0 heterocycles. The molecule has 0 saturated heterocycles. The summed E-state index contributed by atoms with van der Waals surface area (Å²) in [6, 6.07) is 14.9. The Labute approximate surface area is 114 Å². The molecule has 1 aliphatic carbocycles. The van der Waals surface area contributed by atoms with Gasteiger partial charge in [0.15, 0.2) is 0 Å². The van der Waals surface area contributed by atoms with E-state index < -0.39 is 0 Å². The largest absolute Gasteiger partial charge is 0.489 e. The molecule has 0 amide bonds. The third-order valence-corrected chi connectivity index (χ3v) is 3.76. The Hall–Kier alpha value is -1.80. The van der Waals surface area contributed by atoms with Gasteiger partial charge < -0.3 is 10.5 Å². The number of rotatable bonds is 3. The van der Waals surface area contributed by atoms with Crippen LogP contribution < -0.4 is 10.5 Å². The molecule has 1 aliphatic rings. The summed E-state index contributed by atoms with van der Waals surface area (Å²) in [5.74, 6) is 0.938. The lowest BCUT2D eigenvalue weighted by Crippen LogP contribution is -2.05. The zero-order valence-corrected chi connectivity index (χ0v) is 11.2. The minimum Gasteiger partial charge on any atom is -0.489 e. The van der Waals surface area contributed by atoms with E-state index in [9.17, 15) is 0 Å². The molecule has 19 heavy (non-hydrogen) atoms. The summed E-state index contributed by atoms with van der Waals surface area (Å²) in [6.45, 7) is 2.71. The van der Waals surface area contributed by atoms with Crippen molar-refractivity contribution in [1.82, 2.24) is 0 Å². The van der Waals surface area contributed by atoms with E-state index in [1.165, 1.54) is 22.3 Å². The van der Waals surface area contributed by atoms with Gasteiger partial charge in [-0.1, -0.05) is 35.9 Å². The zero-order valence-electron chi connectivity index (χ0n) is 11.2. The van der Waals surface area contributed by atoms with E-state index in [0.29, 0.717) is 6.61 Å². The van der Waals surface area contributed by atoms with E-state index >= 15 is 0 Å². The second kappa shape index (κ2) is 5.06. The number of ether oxygens (including phenoxy) is 1. The van der Waals surface area contributed by atoms with Crippen LogP contribution in [0, 0.1) is 6.92 Å². The third kappa shape index (κ3) is 2.64. The second-order valence-corrected chi connectivity index (χ2v) is 5.28. The molecule has 0 fully saturated rings. The van der Waals surface area contributed by atoms with Crippen LogP contribution in [0.1, 0.15) is 34.7 Å². The lowest BCUT2D eigenvalue weighted by Gasteiger charge is -2.09. The minimum atomic E-state index is 0.209. The quantitative estimate of drug-likeness (QED) is 0.908. The number of fused-ring (bicyclic) bond motifs is 1. The van der Waals surface area contributed by atoms with E-state index in [2.05, 4.69) is 43.3 Å². The molecule has 2 heteroatoms. The van der Waals surface area contributed by atoms with E-state index in [0.717, 1.165) is 18.6 Å². The van der Waals surface area contributed by atoms with Crippen molar-refractivity contribution < 1.29 is 4.74 Å². The number of nitrogens with two attached hydrogens (primary N) is 1. The van der Waals surface area contributed by atoms with Gasteiger partial charge in [-0.3, -0.25) is 0 Å². The van der Waals surface area contributed by atoms with Crippen LogP contribution in [0.25, 0.3) is 0 Å². The number of hydrogen-bond donors (Lipinski definition) is 1. The maximum atomic E-state index is 6.03. The topological polar surface area (TPSA) is 35.2 Å². The summed E-state index contributed by atoms with van der Waals surface area (Å²) < 4.78 is 5.85. The van der Waals surface area contributed by atoms with Crippen LogP contribution in [0.3, 0.4) is 0 Å². The molecule has 98 valence electrons. The summed E-state index contributed by atoms with van der Waals surface area (Å²) in [5, 5.41) is 0. The SMILES string of the molecule is Cc1ccc(COc2ccc3c(c2)CC[C@@H]3N)cc1. The predicted octanol–water partition coefficient (Wildman–Crippen LogP) is 3.52. The fourth-order valence-electron chi connectivity index (χ4n) is 2.57. The molecular weight excluding hydrogens is 234 g/mol. The monoisotopic (exact) mass is 253 g/mol. The molecule has 2 N–H and O–H groups in total. The van der Waals surface area contributed by atoms with Crippen molar-refractivity contribution in [3.05, 3.63) is 64.7 Å². The van der Waals surface area contributed by atoms with Crippen molar-refractivity contribution in [2.24, 2.45) is 5.73 Å². The molecule has 0 aromatic heterocycles. The molecule has 0 bridgehead atoms. The van der Waals surface area contributed by atoms with Gasteiger partial charge in [0.25, 0.3) is 0 Å². The highest BCUT2D eigenvalue weighted by atomic mass is 16.5. The minimum absolute atomic E-state index is 0.209. The van der Waals surface area contributed by atoms with Gasteiger partial charge in [0.1, 0.15) is 12.4 Å². The Morgan fingerprint density at radius 2 is 1.95 bits per heavy atom. The van der Waals surface area contributed by atoms with Crippen LogP contribution in [0.2, 0.25) is 0 Å². The first-order chi connectivity index (χ1) is 9.22. The molecular formula is C17H19NO. The summed E-state index contributed by atoms with van der Waals surface area (Å²) in [6.07, 6.45) is 2.12. The molecule has 0 radical (unpaired) electrons. The highest BCUT2D eigenvalue weighted by molar-refractivity contribution is 5.40. The molecule has 2 nitrogen and oxygen atoms in total. The summed E-state index contributed by atoms with van der Waals surface area (Å²) >= 11 is 0. The average molecular weight is 253 g/mol. The molecule has 2 aromatic rings. The number of hydrogen-bond acceptors (Lipinski definition) is 2. The molecule has 0 unspecified atom stereocenters. The highest BCUT2D eigenvalue weighted by Crippen LogP contribution is 2.32. The Bertz CT molecular complexity index is 574. The van der Waals surface area contributed by atoms with Crippen LogP contribution in [0.5, 0.6) is 5.75 Å². The summed E-state index contributed by atoms with van der Waals surface area (Å²) in [4.78, 5) is 0. The second-order valence-electron chi connectivity index (χ2n) is 5.28. The fourth-order valence-corrected chi connectivity index (χ4v) is 2.57. The van der Waals surface area contributed by atoms with E-state index in [4.69, 9.17) is 10.5 Å². The maximum absolute atomic E-state index is 6.03. The first-order valence-corrected chi connectivity index (χ1v) is 6.79. The third-order valence-electron chi connectivity index (χ3n) is 3.76. The van der Waals surface area contributed by atoms with Crippen molar-refractivity contribution in [2.75, 3.05) is 0 Å². The van der Waals surface area contributed by atoms with Crippen molar-refractivity contribution in [2.45, 2.75) is 32.4 Å². The van der Waals surface area contributed by atoms with Gasteiger partial charge in [-0.2, -0.15) is 0 Å². The van der Waals surface area contributed by atoms with Crippen LogP contribution in [-0.2, 0) is 13.0 Å². The van der Waals surface area contributed by atoms with Crippen molar-refractivity contribution in [1.29, 1.82) is 0 Å². The first-order valence-electron chi connectivity index (χ1n) is 6.79. The molecule has 2 aromatic carbocycles. The van der Waals surface area contributed by atoms with Crippen molar-refractivity contribution in [3.8, 4) is 5.75 Å². The zero-order chi connectivity index (χ0) is 13.2. The van der Waals surface area contributed by atoms with Gasteiger partial charge in [-0.15, -0.1) is 0 Å².